The minimum absolute atomic E-state index is 0.194. The van der Waals surface area contributed by atoms with Crippen LogP contribution in [-0.2, 0) is 6.61 Å². The first-order valence-electron chi connectivity index (χ1n) is 7.35. The Balaban J connectivity index is 1.69. The largest absolute Gasteiger partial charge is 0.486 e. The molecule has 0 atom stereocenters. The molecule has 0 spiro atoms. The highest BCUT2D eigenvalue weighted by Crippen LogP contribution is 2.22. The van der Waals surface area contributed by atoms with Crippen molar-refractivity contribution in [3.8, 4) is 5.75 Å². The Bertz CT molecular complexity index is 913. The van der Waals surface area contributed by atoms with Gasteiger partial charge in [0.2, 0.25) is 11.0 Å². The summed E-state index contributed by atoms with van der Waals surface area (Å²) in [4.78, 5) is 0. The smallest absolute Gasteiger partial charge is 0.299 e. The van der Waals surface area contributed by atoms with Crippen molar-refractivity contribution in [3.05, 3.63) is 58.8 Å². The van der Waals surface area contributed by atoms with E-state index in [9.17, 15) is 8.78 Å². The lowest BCUT2D eigenvalue weighted by molar-refractivity contribution is 0.135. The van der Waals surface area contributed by atoms with Crippen LogP contribution < -0.4 is 4.74 Å². The van der Waals surface area contributed by atoms with Crippen LogP contribution in [0, 0.1) is 0 Å². The van der Waals surface area contributed by atoms with Gasteiger partial charge in [-0.3, -0.25) is 0 Å². The summed E-state index contributed by atoms with van der Waals surface area (Å²) in [5.74, 6) is 1.02. The van der Waals surface area contributed by atoms with Gasteiger partial charge in [0.1, 0.15) is 23.9 Å². The van der Waals surface area contributed by atoms with Gasteiger partial charge in [0.05, 0.1) is 6.21 Å². The molecule has 26 heavy (non-hydrogen) atoms. The third-order valence-electron chi connectivity index (χ3n) is 3.17. The number of thioether (sulfide) groups is 1. The third-order valence-corrected chi connectivity index (χ3v) is 4.03. The standard InChI is InChI=1S/C16H13ClF2N4O2S/c1-26-16-22-21-15(14(18)19)23(16)20-8-12-5-6-13(25-12)9-24-11-4-2-3-10(17)7-11/h2-8,14H,9H2,1H3/b20-8+. The number of aromatic nitrogens is 3. The van der Waals surface area contributed by atoms with Crippen molar-refractivity contribution < 1.29 is 17.9 Å². The lowest BCUT2D eigenvalue weighted by atomic mass is 10.3. The molecule has 6 nitrogen and oxygen atoms in total. The van der Waals surface area contributed by atoms with Crippen LogP contribution in [0.15, 0.2) is 51.1 Å². The molecule has 0 fully saturated rings. The number of benzene rings is 1. The first kappa shape index (κ1) is 18.4. The maximum absolute atomic E-state index is 12.9. The fourth-order valence-electron chi connectivity index (χ4n) is 2.02. The quantitative estimate of drug-likeness (QED) is 0.428. The summed E-state index contributed by atoms with van der Waals surface area (Å²) in [6, 6.07) is 10.4. The van der Waals surface area contributed by atoms with E-state index in [0.717, 1.165) is 16.4 Å². The normalized spacial score (nSPS) is 11.6. The summed E-state index contributed by atoms with van der Waals surface area (Å²) in [5.41, 5.74) is 0. The van der Waals surface area contributed by atoms with E-state index < -0.39 is 12.2 Å². The monoisotopic (exact) mass is 398 g/mol. The fraction of sp³-hybridized carbons (Fsp3) is 0.188. The van der Waals surface area contributed by atoms with Gasteiger partial charge in [-0.2, -0.15) is 9.78 Å². The van der Waals surface area contributed by atoms with E-state index in [0.29, 0.717) is 22.3 Å². The van der Waals surface area contributed by atoms with Gasteiger partial charge in [0.25, 0.3) is 6.43 Å². The van der Waals surface area contributed by atoms with E-state index in [1.165, 1.54) is 6.21 Å². The molecule has 2 aromatic heterocycles. The number of alkyl halides is 2. The molecule has 1 aromatic carbocycles. The SMILES string of the molecule is CSc1nnc(C(F)F)n1/N=C/c1ccc(COc2cccc(Cl)c2)o1. The molecule has 0 saturated carbocycles. The van der Waals surface area contributed by atoms with Gasteiger partial charge in [-0.25, -0.2) is 8.78 Å². The van der Waals surface area contributed by atoms with Gasteiger partial charge in [-0.05, 0) is 36.6 Å². The second kappa shape index (κ2) is 8.33. The Labute approximate surface area is 156 Å². The van der Waals surface area contributed by atoms with E-state index >= 15 is 0 Å². The van der Waals surface area contributed by atoms with Crippen LogP contribution in [0.4, 0.5) is 8.78 Å². The predicted molar refractivity (Wildman–Crippen MR) is 94.2 cm³/mol. The number of hydrogen-bond donors (Lipinski definition) is 0. The minimum atomic E-state index is -2.78. The third kappa shape index (κ3) is 4.41. The van der Waals surface area contributed by atoms with Gasteiger partial charge in [0, 0.05) is 5.02 Å². The van der Waals surface area contributed by atoms with Crippen LogP contribution in [-0.4, -0.2) is 27.3 Å². The van der Waals surface area contributed by atoms with Crippen molar-refractivity contribution in [2.24, 2.45) is 5.10 Å². The first-order valence-corrected chi connectivity index (χ1v) is 8.96. The van der Waals surface area contributed by atoms with Crippen molar-refractivity contribution in [3.63, 3.8) is 0 Å². The van der Waals surface area contributed by atoms with Gasteiger partial charge in [-0.15, -0.1) is 10.2 Å². The molecule has 0 bridgehead atoms. The summed E-state index contributed by atoms with van der Waals surface area (Å²) < 4.78 is 38.0. The molecule has 0 aliphatic carbocycles. The molecule has 0 radical (unpaired) electrons. The molecule has 2 heterocycles. The van der Waals surface area contributed by atoms with Crippen LogP contribution in [0.5, 0.6) is 5.75 Å². The Morgan fingerprint density at radius 1 is 1.35 bits per heavy atom. The fourth-order valence-corrected chi connectivity index (χ4v) is 2.63. The van der Waals surface area contributed by atoms with Crippen LogP contribution in [0.3, 0.4) is 0 Å². The molecule has 3 aromatic rings. The maximum Gasteiger partial charge on any atom is 0.299 e. The second-order valence-corrected chi connectivity index (χ2v) is 6.16. The molecule has 10 heteroatoms. The zero-order valence-corrected chi connectivity index (χ0v) is 15.0. The zero-order chi connectivity index (χ0) is 18.5. The number of hydrogen-bond acceptors (Lipinski definition) is 6. The van der Waals surface area contributed by atoms with Gasteiger partial charge in [0.15, 0.2) is 0 Å². The van der Waals surface area contributed by atoms with Crippen LogP contribution >= 0.6 is 23.4 Å². The van der Waals surface area contributed by atoms with Gasteiger partial charge >= 0.3 is 0 Å². The lowest BCUT2D eigenvalue weighted by Gasteiger charge is -2.04. The van der Waals surface area contributed by atoms with Crippen molar-refractivity contribution in [1.82, 2.24) is 14.9 Å². The molecule has 0 amide bonds. The first-order chi connectivity index (χ1) is 12.6. The molecule has 0 N–H and O–H groups in total. The lowest BCUT2D eigenvalue weighted by Crippen LogP contribution is -2.00. The molecule has 0 aliphatic heterocycles. The van der Waals surface area contributed by atoms with Crippen LogP contribution in [0.25, 0.3) is 0 Å². The summed E-state index contributed by atoms with van der Waals surface area (Å²) in [6.45, 7) is 0.194. The minimum Gasteiger partial charge on any atom is -0.486 e. The number of ether oxygens (including phenoxy) is 1. The summed E-state index contributed by atoms with van der Waals surface area (Å²) >= 11 is 7.05. The van der Waals surface area contributed by atoms with Crippen molar-refractivity contribution in [1.29, 1.82) is 0 Å². The zero-order valence-electron chi connectivity index (χ0n) is 13.5. The Morgan fingerprint density at radius 2 is 2.19 bits per heavy atom. The highest BCUT2D eigenvalue weighted by molar-refractivity contribution is 7.98. The molecule has 136 valence electrons. The Kier molecular flexibility index (Phi) is 5.89. The average Bonchev–Trinajstić information content (AvgIpc) is 3.24. The van der Waals surface area contributed by atoms with Crippen molar-refractivity contribution in [2.75, 3.05) is 6.26 Å². The number of nitrogens with zero attached hydrogens (tertiary/aromatic N) is 4. The molecule has 0 unspecified atom stereocenters. The molecular weight excluding hydrogens is 386 g/mol. The number of halogens is 3. The molecular formula is C16H13ClF2N4O2S. The van der Waals surface area contributed by atoms with E-state index in [1.807, 2.05) is 0 Å². The van der Waals surface area contributed by atoms with E-state index in [-0.39, 0.29) is 11.8 Å². The highest BCUT2D eigenvalue weighted by Gasteiger charge is 2.19. The number of rotatable bonds is 7. The maximum atomic E-state index is 12.9. The predicted octanol–water partition coefficient (Wildman–Crippen LogP) is 4.65. The number of furan rings is 1. The Morgan fingerprint density at radius 3 is 2.92 bits per heavy atom. The Hall–Kier alpha value is -2.39. The van der Waals surface area contributed by atoms with Crippen molar-refractivity contribution in [2.45, 2.75) is 18.2 Å². The molecule has 0 aliphatic rings. The van der Waals surface area contributed by atoms with Crippen LogP contribution in [0.2, 0.25) is 5.02 Å². The second-order valence-electron chi connectivity index (χ2n) is 4.95. The van der Waals surface area contributed by atoms with E-state index in [1.54, 1.807) is 42.7 Å². The summed E-state index contributed by atoms with van der Waals surface area (Å²) in [5, 5.41) is 11.9. The van der Waals surface area contributed by atoms with E-state index in [4.69, 9.17) is 20.8 Å². The summed E-state index contributed by atoms with van der Waals surface area (Å²) in [6.07, 6.45) is 0.236. The topological polar surface area (TPSA) is 65.4 Å². The van der Waals surface area contributed by atoms with Crippen LogP contribution in [0.1, 0.15) is 23.8 Å². The summed E-state index contributed by atoms with van der Waals surface area (Å²) in [7, 11) is 0. The van der Waals surface area contributed by atoms with Gasteiger partial charge < -0.3 is 9.15 Å². The van der Waals surface area contributed by atoms with E-state index in [2.05, 4.69) is 15.3 Å². The van der Waals surface area contributed by atoms with Crippen molar-refractivity contribution >= 4 is 29.6 Å². The molecule has 0 saturated heterocycles. The highest BCUT2D eigenvalue weighted by atomic mass is 35.5. The average molecular weight is 399 g/mol. The van der Waals surface area contributed by atoms with Gasteiger partial charge in [-0.1, -0.05) is 29.4 Å². The molecule has 3 rings (SSSR count).